The molecule has 0 aliphatic heterocycles. The molecule has 2 aromatic rings. The van der Waals surface area contributed by atoms with Crippen LogP contribution in [-0.4, -0.2) is 9.97 Å². The van der Waals surface area contributed by atoms with Gasteiger partial charge in [0.15, 0.2) is 0 Å². The fourth-order valence-corrected chi connectivity index (χ4v) is 2.55. The van der Waals surface area contributed by atoms with Crippen molar-refractivity contribution >= 4 is 23.1 Å². The molecule has 1 aromatic carbocycles. The molecule has 0 saturated heterocycles. The molecule has 1 aromatic heterocycles. The summed E-state index contributed by atoms with van der Waals surface area (Å²) < 4.78 is 13.3. The standard InChI is InChI=1S/C17H21ClFN3/c1-3-5-7-12(4-2)17-21-15(18)11-16(22-17)20-14-9-6-8-13(19)10-14/h6,8-12H,3-5,7H2,1-2H3,(H,20,21,22). The average molecular weight is 322 g/mol. The third-order valence-electron chi connectivity index (χ3n) is 3.57. The van der Waals surface area contributed by atoms with Crippen LogP contribution in [0.2, 0.25) is 5.15 Å². The van der Waals surface area contributed by atoms with E-state index in [1.807, 2.05) is 0 Å². The van der Waals surface area contributed by atoms with Crippen LogP contribution >= 0.6 is 11.6 Å². The third-order valence-corrected chi connectivity index (χ3v) is 3.77. The second-order valence-corrected chi connectivity index (χ2v) is 5.70. The Hall–Kier alpha value is -1.68. The molecule has 0 aliphatic carbocycles. The number of anilines is 2. The summed E-state index contributed by atoms with van der Waals surface area (Å²) in [5.74, 6) is 1.35. The van der Waals surface area contributed by atoms with Gasteiger partial charge in [0.2, 0.25) is 0 Å². The van der Waals surface area contributed by atoms with Gasteiger partial charge < -0.3 is 5.32 Å². The van der Waals surface area contributed by atoms with Gasteiger partial charge in [-0.25, -0.2) is 14.4 Å². The molecule has 0 radical (unpaired) electrons. The first kappa shape index (κ1) is 16.7. The highest BCUT2D eigenvalue weighted by Gasteiger charge is 2.14. The molecule has 0 amide bonds. The zero-order valence-electron chi connectivity index (χ0n) is 12.9. The number of rotatable bonds is 7. The van der Waals surface area contributed by atoms with E-state index in [1.165, 1.54) is 12.1 Å². The summed E-state index contributed by atoms with van der Waals surface area (Å²) in [5.41, 5.74) is 0.641. The highest BCUT2D eigenvalue weighted by molar-refractivity contribution is 6.29. The fraction of sp³-hybridized carbons (Fsp3) is 0.412. The lowest BCUT2D eigenvalue weighted by atomic mass is 9.98. The zero-order valence-corrected chi connectivity index (χ0v) is 13.7. The second kappa shape index (κ2) is 8.08. The highest BCUT2D eigenvalue weighted by atomic mass is 35.5. The molecular weight excluding hydrogens is 301 g/mol. The Morgan fingerprint density at radius 2 is 2.05 bits per heavy atom. The molecule has 0 aliphatic rings. The number of nitrogens with zero attached hydrogens (tertiary/aromatic N) is 2. The monoisotopic (exact) mass is 321 g/mol. The van der Waals surface area contributed by atoms with E-state index in [9.17, 15) is 4.39 Å². The summed E-state index contributed by atoms with van der Waals surface area (Å²) in [6, 6.07) is 7.92. The molecular formula is C17H21ClFN3. The number of halogens is 2. The Kier molecular flexibility index (Phi) is 6.13. The Bertz CT molecular complexity index is 619. The first-order valence-corrected chi connectivity index (χ1v) is 8.07. The SMILES string of the molecule is CCCCC(CC)c1nc(Cl)cc(Nc2cccc(F)c2)n1. The van der Waals surface area contributed by atoms with Crippen molar-refractivity contribution in [2.45, 2.75) is 45.4 Å². The van der Waals surface area contributed by atoms with E-state index in [2.05, 4.69) is 29.1 Å². The van der Waals surface area contributed by atoms with Gasteiger partial charge in [0.05, 0.1) is 0 Å². The second-order valence-electron chi connectivity index (χ2n) is 5.32. The van der Waals surface area contributed by atoms with E-state index in [1.54, 1.807) is 18.2 Å². The maximum absolute atomic E-state index is 13.3. The number of unbranched alkanes of at least 4 members (excludes halogenated alkanes) is 1. The van der Waals surface area contributed by atoms with Crippen LogP contribution in [0.25, 0.3) is 0 Å². The van der Waals surface area contributed by atoms with Crippen LogP contribution in [0.1, 0.15) is 51.3 Å². The molecule has 0 fully saturated rings. The van der Waals surface area contributed by atoms with Crippen LogP contribution in [0.4, 0.5) is 15.9 Å². The van der Waals surface area contributed by atoms with Crippen LogP contribution in [0, 0.1) is 5.82 Å². The lowest BCUT2D eigenvalue weighted by molar-refractivity contribution is 0.544. The van der Waals surface area contributed by atoms with Crippen molar-refractivity contribution in [1.29, 1.82) is 0 Å². The average Bonchev–Trinajstić information content (AvgIpc) is 2.47. The summed E-state index contributed by atoms with van der Waals surface area (Å²) in [4.78, 5) is 8.91. The van der Waals surface area contributed by atoms with Gasteiger partial charge in [-0.2, -0.15) is 0 Å². The number of nitrogens with one attached hydrogen (secondary N) is 1. The van der Waals surface area contributed by atoms with Crippen molar-refractivity contribution in [3.8, 4) is 0 Å². The van der Waals surface area contributed by atoms with Gasteiger partial charge in [0.25, 0.3) is 0 Å². The normalized spacial score (nSPS) is 12.2. The van der Waals surface area contributed by atoms with E-state index in [0.29, 0.717) is 22.6 Å². The summed E-state index contributed by atoms with van der Waals surface area (Å²) >= 11 is 6.12. The molecule has 3 nitrogen and oxygen atoms in total. The van der Waals surface area contributed by atoms with Crippen LogP contribution in [0.3, 0.4) is 0 Å². The van der Waals surface area contributed by atoms with Gasteiger partial charge >= 0.3 is 0 Å². The topological polar surface area (TPSA) is 37.8 Å². The first-order valence-electron chi connectivity index (χ1n) is 7.69. The van der Waals surface area contributed by atoms with E-state index >= 15 is 0 Å². The van der Waals surface area contributed by atoms with Gasteiger partial charge in [-0.3, -0.25) is 0 Å². The number of aromatic nitrogens is 2. The molecule has 1 unspecified atom stereocenters. The van der Waals surface area contributed by atoms with E-state index in [0.717, 1.165) is 31.5 Å². The van der Waals surface area contributed by atoms with Gasteiger partial charge in [-0.05, 0) is 31.0 Å². The Labute approximate surface area is 136 Å². The summed E-state index contributed by atoms with van der Waals surface area (Å²) in [5, 5.41) is 3.49. The Morgan fingerprint density at radius 3 is 2.73 bits per heavy atom. The number of hydrogen-bond acceptors (Lipinski definition) is 3. The lowest BCUT2D eigenvalue weighted by Crippen LogP contribution is -2.06. The maximum atomic E-state index is 13.3. The van der Waals surface area contributed by atoms with Crippen molar-refractivity contribution in [2.75, 3.05) is 5.32 Å². The quantitative estimate of drug-likeness (QED) is 0.665. The van der Waals surface area contributed by atoms with Crippen LogP contribution in [-0.2, 0) is 0 Å². The summed E-state index contributed by atoms with van der Waals surface area (Å²) in [7, 11) is 0. The van der Waals surface area contributed by atoms with Crippen molar-refractivity contribution in [2.24, 2.45) is 0 Å². The predicted molar refractivity (Wildman–Crippen MR) is 89.3 cm³/mol. The van der Waals surface area contributed by atoms with Gasteiger partial charge in [0.1, 0.15) is 22.6 Å². The smallest absolute Gasteiger partial charge is 0.135 e. The largest absolute Gasteiger partial charge is 0.340 e. The molecule has 22 heavy (non-hydrogen) atoms. The van der Waals surface area contributed by atoms with E-state index in [4.69, 9.17) is 11.6 Å². The minimum Gasteiger partial charge on any atom is -0.340 e. The first-order chi connectivity index (χ1) is 10.6. The van der Waals surface area contributed by atoms with Gasteiger partial charge in [-0.1, -0.05) is 44.4 Å². The van der Waals surface area contributed by atoms with Crippen molar-refractivity contribution in [1.82, 2.24) is 9.97 Å². The highest BCUT2D eigenvalue weighted by Crippen LogP contribution is 2.26. The molecule has 1 heterocycles. The molecule has 1 atom stereocenters. The fourth-order valence-electron chi connectivity index (χ4n) is 2.36. The molecule has 0 saturated carbocycles. The molecule has 1 N–H and O–H groups in total. The minimum absolute atomic E-state index is 0.292. The van der Waals surface area contributed by atoms with Gasteiger partial charge in [0, 0.05) is 17.7 Å². The molecule has 0 bridgehead atoms. The number of hydrogen-bond donors (Lipinski definition) is 1. The summed E-state index contributed by atoms with van der Waals surface area (Å²) in [6.45, 7) is 4.30. The van der Waals surface area contributed by atoms with E-state index in [-0.39, 0.29) is 5.82 Å². The molecule has 118 valence electrons. The lowest BCUT2D eigenvalue weighted by Gasteiger charge is -2.15. The van der Waals surface area contributed by atoms with Crippen molar-refractivity contribution in [3.05, 3.63) is 47.1 Å². The van der Waals surface area contributed by atoms with Gasteiger partial charge in [-0.15, -0.1) is 0 Å². The molecule has 5 heteroatoms. The maximum Gasteiger partial charge on any atom is 0.135 e. The van der Waals surface area contributed by atoms with E-state index < -0.39 is 0 Å². The Balaban J connectivity index is 2.22. The molecule has 0 spiro atoms. The zero-order chi connectivity index (χ0) is 15.9. The van der Waals surface area contributed by atoms with Crippen LogP contribution in [0.15, 0.2) is 30.3 Å². The van der Waals surface area contributed by atoms with Crippen molar-refractivity contribution < 1.29 is 4.39 Å². The van der Waals surface area contributed by atoms with Crippen LogP contribution < -0.4 is 5.32 Å². The third kappa shape index (κ3) is 4.67. The number of benzene rings is 1. The molecule has 2 rings (SSSR count). The van der Waals surface area contributed by atoms with Crippen molar-refractivity contribution in [3.63, 3.8) is 0 Å². The predicted octanol–water partition coefficient (Wildman–Crippen LogP) is 5.70. The minimum atomic E-state index is -0.292. The Morgan fingerprint density at radius 1 is 1.23 bits per heavy atom. The van der Waals surface area contributed by atoms with Crippen LogP contribution in [0.5, 0.6) is 0 Å². The summed E-state index contributed by atoms with van der Waals surface area (Å²) in [6.07, 6.45) is 4.30.